The van der Waals surface area contributed by atoms with E-state index in [0.29, 0.717) is 11.8 Å². The van der Waals surface area contributed by atoms with Gasteiger partial charge in [0, 0.05) is 6.07 Å². The first-order valence-corrected chi connectivity index (χ1v) is 13.6. The second-order valence-corrected chi connectivity index (χ2v) is 11.2. The van der Waals surface area contributed by atoms with Crippen LogP contribution in [0.1, 0.15) is 96.8 Å². The Bertz CT molecular complexity index is 758. The van der Waals surface area contributed by atoms with Crippen molar-refractivity contribution in [1.29, 1.82) is 0 Å². The number of hydrogen-bond donors (Lipinski definition) is 0. The van der Waals surface area contributed by atoms with E-state index >= 15 is 0 Å². The summed E-state index contributed by atoms with van der Waals surface area (Å²) in [7, 11) is 0. The average Bonchev–Trinajstić information content (AvgIpc) is 2.81. The van der Waals surface area contributed by atoms with Gasteiger partial charge in [-0.05, 0) is 80.2 Å². The molecule has 4 unspecified atom stereocenters. The summed E-state index contributed by atoms with van der Waals surface area (Å²) in [5.41, 5.74) is 0. The SMILES string of the molecule is CCCCCC1CCC(C2CCC3C(CCCC3C(=O)Oc3ccc(Cl)c(F)c3)C2)CC1. The molecule has 1 aromatic rings. The normalized spacial score (nSPS) is 32.8. The van der Waals surface area contributed by atoms with E-state index in [1.165, 1.54) is 82.8 Å². The largest absolute Gasteiger partial charge is 0.426 e. The van der Waals surface area contributed by atoms with Gasteiger partial charge in [0.2, 0.25) is 0 Å². The lowest BCUT2D eigenvalue weighted by atomic mass is 9.59. The smallest absolute Gasteiger partial charge is 0.314 e. The molecular weight excluding hydrogens is 423 g/mol. The van der Waals surface area contributed by atoms with Gasteiger partial charge in [-0.1, -0.05) is 69.9 Å². The monoisotopic (exact) mass is 462 g/mol. The zero-order valence-corrected chi connectivity index (χ0v) is 20.4. The molecule has 178 valence electrons. The molecule has 3 saturated carbocycles. The van der Waals surface area contributed by atoms with Crippen LogP contribution in [0.5, 0.6) is 5.75 Å². The summed E-state index contributed by atoms with van der Waals surface area (Å²) in [6.45, 7) is 2.29. The predicted octanol–water partition coefficient (Wildman–Crippen LogP) is 8.60. The van der Waals surface area contributed by atoms with Gasteiger partial charge in [-0.15, -0.1) is 0 Å². The maximum atomic E-state index is 13.7. The van der Waals surface area contributed by atoms with Crippen molar-refractivity contribution >= 4 is 17.6 Å². The highest BCUT2D eigenvalue weighted by atomic mass is 35.5. The molecule has 3 aliphatic carbocycles. The molecular formula is C28H40ClFO2. The third-order valence-corrected chi connectivity index (χ3v) is 9.18. The van der Waals surface area contributed by atoms with Gasteiger partial charge in [-0.3, -0.25) is 4.79 Å². The molecule has 0 saturated heterocycles. The highest BCUT2D eigenvalue weighted by Crippen LogP contribution is 2.50. The van der Waals surface area contributed by atoms with Gasteiger partial charge < -0.3 is 4.74 Å². The van der Waals surface area contributed by atoms with Crippen LogP contribution in [0.15, 0.2) is 18.2 Å². The Balaban J connectivity index is 1.28. The van der Waals surface area contributed by atoms with Crippen molar-refractivity contribution in [3.8, 4) is 5.75 Å². The quantitative estimate of drug-likeness (QED) is 0.230. The maximum Gasteiger partial charge on any atom is 0.314 e. The Morgan fingerprint density at radius 1 is 1.00 bits per heavy atom. The lowest BCUT2D eigenvalue weighted by molar-refractivity contribution is -0.144. The van der Waals surface area contributed by atoms with Crippen molar-refractivity contribution in [1.82, 2.24) is 0 Å². The number of esters is 1. The molecule has 32 heavy (non-hydrogen) atoms. The first-order valence-electron chi connectivity index (χ1n) is 13.2. The molecule has 4 heteroatoms. The van der Waals surface area contributed by atoms with Crippen molar-refractivity contribution in [2.24, 2.45) is 35.5 Å². The van der Waals surface area contributed by atoms with Gasteiger partial charge in [-0.25, -0.2) is 4.39 Å². The molecule has 0 heterocycles. The van der Waals surface area contributed by atoms with Crippen LogP contribution < -0.4 is 4.74 Å². The number of carbonyl (C=O) groups excluding carboxylic acids is 1. The molecule has 0 aromatic heterocycles. The molecule has 1 aromatic carbocycles. The Morgan fingerprint density at radius 2 is 1.78 bits per heavy atom. The Morgan fingerprint density at radius 3 is 2.53 bits per heavy atom. The van der Waals surface area contributed by atoms with Crippen molar-refractivity contribution in [2.45, 2.75) is 96.8 Å². The van der Waals surface area contributed by atoms with Crippen LogP contribution in [0.25, 0.3) is 0 Å². The molecule has 3 aliphatic rings. The minimum Gasteiger partial charge on any atom is -0.426 e. The Kier molecular flexibility index (Phi) is 8.54. The fraction of sp³-hybridized carbons (Fsp3) is 0.750. The maximum absolute atomic E-state index is 13.7. The van der Waals surface area contributed by atoms with Crippen molar-refractivity contribution in [3.05, 3.63) is 29.0 Å². The van der Waals surface area contributed by atoms with Gasteiger partial charge >= 0.3 is 5.97 Å². The molecule has 0 aliphatic heterocycles. The first kappa shape index (κ1) is 24.0. The molecule has 4 rings (SSSR count). The lowest BCUT2D eigenvalue weighted by Crippen LogP contribution is -2.40. The number of benzene rings is 1. The summed E-state index contributed by atoms with van der Waals surface area (Å²) in [4.78, 5) is 13.0. The van der Waals surface area contributed by atoms with Crippen LogP contribution in [0.2, 0.25) is 5.02 Å². The summed E-state index contributed by atoms with van der Waals surface area (Å²) in [5.74, 6) is 3.34. The molecule has 2 nitrogen and oxygen atoms in total. The highest BCUT2D eigenvalue weighted by Gasteiger charge is 2.43. The predicted molar refractivity (Wildman–Crippen MR) is 128 cm³/mol. The fourth-order valence-corrected chi connectivity index (χ4v) is 7.20. The number of fused-ring (bicyclic) bond motifs is 1. The topological polar surface area (TPSA) is 26.3 Å². The standard InChI is InChI=1S/C28H40ClFO2/c1-2-3-4-6-19-9-11-20(12-10-19)21-13-15-24-22(17-21)7-5-8-25(24)28(31)32-23-14-16-26(29)27(30)18-23/h14,16,18-22,24-25H,2-13,15,17H2,1H3. The van der Waals surface area contributed by atoms with Crippen LogP contribution in [-0.2, 0) is 4.79 Å². The fourth-order valence-electron chi connectivity index (χ4n) is 7.08. The number of halogens is 2. The number of rotatable bonds is 7. The van der Waals surface area contributed by atoms with Crippen LogP contribution in [0.3, 0.4) is 0 Å². The first-order chi connectivity index (χ1) is 15.5. The van der Waals surface area contributed by atoms with Crippen LogP contribution in [0, 0.1) is 41.3 Å². The number of hydrogen-bond acceptors (Lipinski definition) is 2. The lowest BCUT2D eigenvalue weighted by Gasteiger charge is -2.46. The second-order valence-electron chi connectivity index (χ2n) is 10.8. The Labute approximate surface area is 198 Å². The molecule has 3 fully saturated rings. The summed E-state index contributed by atoms with van der Waals surface area (Å²) < 4.78 is 19.3. The minimum atomic E-state index is -0.543. The molecule has 0 amide bonds. The van der Waals surface area contributed by atoms with Crippen molar-refractivity contribution in [2.75, 3.05) is 0 Å². The molecule has 0 spiro atoms. The van der Waals surface area contributed by atoms with E-state index in [0.717, 1.165) is 37.0 Å². The molecule has 0 radical (unpaired) electrons. The van der Waals surface area contributed by atoms with E-state index in [9.17, 15) is 9.18 Å². The number of carbonyl (C=O) groups is 1. The molecule has 0 bridgehead atoms. The number of unbranched alkanes of at least 4 members (excludes halogenated alkanes) is 2. The van der Waals surface area contributed by atoms with E-state index in [1.807, 2.05) is 0 Å². The molecule has 0 N–H and O–H groups in total. The Hall–Kier alpha value is -1.09. The third kappa shape index (κ3) is 5.88. The van der Waals surface area contributed by atoms with Crippen LogP contribution in [-0.4, -0.2) is 5.97 Å². The van der Waals surface area contributed by atoms with E-state index in [2.05, 4.69) is 6.92 Å². The van der Waals surface area contributed by atoms with E-state index in [-0.39, 0.29) is 22.7 Å². The second kappa shape index (κ2) is 11.4. The van der Waals surface area contributed by atoms with E-state index in [1.54, 1.807) is 6.07 Å². The zero-order chi connectivity index (χ0) is 22.5. The third-order valence-electron chi connectivity index (χ3n) is 8.87. The summed E-state index contributed by atoms with van der Waals surface area (Å²) in [6.07, 6.45) is 18.3. The molecule has 4 atom stereocenters. The number of ether oxygens (including phenoxy) is 1. The summed E-state index contributed by atoms with van der Waals surface area (Å²) >= 11 is 5.76. The van der Waals surface area contributed by atoms with Gasteiger partial charge in [0.25, 0.3) is 0 Å². The zero-order valence-electron chi connectivity index (χ0n) is 19.7. The van der Waals surface area contributed by atoms with Gasteiger partial charge in [0.1, 0.15) is 11.6 Å². The highest BCUT2D eigenvalue weighted by molar-refractivity contribution is 6.30. The van der Waals surface area contributed by atoms with Crippen LogP contribution in [0.4, 0.5) is 4.39 Å². The average molecular weight is 463 g/mol. The summed E-state index contributed by atoms with van der Waals surface area (Å²) in [5, 5.41) is 0.0517. The van der Waals surface area contributed by atoms with Gasteiger partial charge in [0.15, 0.2) is 0 Å². The minimum absolute atomic E-state index is 0.0391. The van der Waals surface area contributed by atoms with E-state index < -0.39 is 5.82 Å². The van der Waals surface area contributed by atoms with Crippen molar-refractivity contribution < 1.29 is 13.9 Å². The van der Waals surface area contributed by atoms with E-state index in [4.69, 9.17) is 16.3 Å². The van der Waals surface area contributed by atoms with Gasteiger partial charge in [-0.2, -0.15) is 0 Å². The van der Waals surface area contributed by atoms with Crippen LogP contribution >= 0.6 is 11.6 Å². The summed E-state index contributed by atoms with van der Waals surface area (Å²) in [6, 6.07) is 4.25. The van der Waals surface area contributed by atoms with Gasteiger partial charge in [0.05, 0.1) is 10.9 Å². The van der Waals surface area contributed by atoms with Crippen molar-refractivity contribution in [3.63, 3.8) is 0 Å².